The summed E-state index contributed by atoms with van der Waals surface area (Å²) < 4.78 is 204. The van der Waals surface area contributed by atoms with Crippen molar-refractivity contribution in [1.29, 1.82) is 0 Å². The Morgan fingerprint density at radius 3 is 1.15 bits per heavy atom. The number of H-pyrrole nitrogens is 4. The molecule has 0 radical (unpaired) electrons. The zero-order valence-electron chi connectivity index (χ0n) is 72.9. The van der Waals surface area contributed by atoms with Crippen LogP contribution in [0.4, 0.5) is 29.4 Å². The Labute approximate surface area is 787 Å². The van der Waals surface area contributed by atoms with E-state index in [1.165, 1.54) is 33.9 Å². The number of nitrogens with one attached hydrogen (secondary N) is 4. The largest absolute Gasteiger partial charge is 0.473 e. The molecule has 766 valence electrons. The van der Waals surface area contributed by atoms with Crippen molar-refractivity contribution in [2.75, 3.05) is 68.3 Å². The molecule has 6 unspecified atom stereocenters. The highest BCUT2D eigenvalue weighted by atomic mass is 31.2. The molecule has 22 N–H and O–H groups in total. The van der Waals surface area contributed by atoms with Gasteiger partial charge in [-0.3, -0.25) is 125 Å². The van der Waals surface area contributed by atoms with Gasteiger partial charge in [0, 0.05) is 74.7 Å². The van der Waals surface area contributed by atoms with Gasteiger partial charge in [-0.15, -0.1) is 0 Å². The van der Waals surface area contributed by atoms with Crippen LogP contribution in [0.2, 0.25) is 0 Å². The average Bonchev–Trinajstić information content (AvgIpc) is 1.55. The molecular weight excluding hydrogens is 2030 g/mol. The molecule has 7 saturated heterocycles. The third kappa shape index (κ3) is 20.8. The van der Waals surface area contributed by atoms with E-state index in [0.717, 1.165) is 68.2 Å². The molecule has 19 heterocycles. The minimum Gasteiger partial charge on any atom is -0.394 e. The van der Waals surface area contributed by atoms with Gasteiger partial charge in [-0.05, 0) is 19.9 Å². The van der Waals surface area contributed by atoms with E-state index >= 15 is 0 Å². The van der Waals surface area contributed by atoms with Crippen molar-refractivity contribution >= 4 is 121 Å². The number of fused-ring (bicyclic) bond motifs is 9. The standard InChI is InChI=1S/C69H85N27O40P6/c1-25-12-91(68(104)88-61(25)99)42-8-30(36(125-42)16-118-137(106,107)130-28-6-44(123-34(28)14-97)93-22-79-48-54(71)75-20-77-56(48)93)132-139(110,111)119-15-35-29(7-41(124-35)90-4-3-40(70)82-67(90)103)131-138(108,109)121-18-38-32(10-45(127-38)94-23-80-50-58(94)84-65(73)86-63(50)101)134-141(114,115)120-17-37-31(9-43(126-37)92-13-26(2)62(100)89-69(92)105)133-140(112,113)122-19-39-33(11-46(128-39)95-24-81-51-59(95)85-66(74)87-64(51)102)135-142(116,117)136-53-52-27(98)5-47(129-52)96-57-49(83-60(53)96)55(72)76-21-78-57/h3-4,12-13,20-24,27-39,41-47,52-53,97-98H,5-11,14-19H2,1-2H3,(H,106,107)(H,108,109)(H,110,111)(H,112,113)(H,114,115)(H,116,117)(H2,70,82,103)(H2,71,75,77)(H2,72,76,78)(H,88,99,104)(H,89,100,105)(H3,73,84,86,101)(H3,74,85,87,102)/t27-,28-,29-,30-,31-,32-,33-,34+,35+,36+,37+,38+,39+,41+,42+,43+,44+,45+,46+,47+,52-,53+/m0/s1. The lowest BCUT2D eigenvalue weighted by molar-refractivity contribution is -0.111. The van der Waals surface area contributed by atoms with Gasteiger partial charge in [0.25, 0.3) is 22.2 Å². The van der Waals surface area contributed by atoms with Gasteiger partial charge in [0.15, 0.2) is 56.9 Å². The van der Waals surface area contributed by atoms with Crippen molar-refractivity contribution in [2.24, 2.45) is 0 Å². The lowest BCUT2D eigenvalue weighted by Crippen LogP contribution is -2.35. The number of aliphatic hydroxyl groups is 2. The first kappa shape index (κ1) is 100. The molecule has 0 aromatic carbocycles. The molecule has 0 amide bonds. The van der Waals surface area contributed by atoms with Gasteiger partial charge in [0.05, 0.1) is 64.7 Å². The van der Waals surface area contributed by atoms with Crippen molar-refractivity contribution in [3.05, 3.63) is 146 Å². The SMILES string of the molecule is Cc1cn([C@H]2C[C@H](OP(=O)(O)OC[C@H]3O[C@@H](n4ccc(N)nc4=O)C[C@@H]3OP(=O)(O)OC[C@H]3O[C@@H](n4cnc5c(=O)[nH]c(N)nc54)C[C@@H]3OP(=O)(O)OC[C@H]3O[C@@H](n4cc(C)c(=O)[nH]c4=O)C[C@@H]3OP(=O)(O)OC[C@H]3O[C@@H](n4cnc5c(=O)[nH]c(N)nc54)C[C@@H]3OP(=O)(O)O[C@H]3c4nc5c(N)ncnc5n4[C@H]4C[C@H](O)[C@@H]3O4)[C@@H](COP(=O)(O)O[C@H]3C[C@H](n4cnc5c(N)ncnc54)O[C@@H]3CO)O2)c(=O)[nH]c1=O. The van der Waals surface area contributed by atoms with Gasteiger partial charge in [-0.1, -0.05) is 0 Å². The van der Waals surface area contributed by atoms with Crippen molar-refractivity contribution in [3.8, 4) is 0 Å². The van der Waals surface area contributed by atoms with Gasteiger partial charge >= 0.3 is 64.0 Å². The number of anilines is 5. The van der Waals surface area contributed by atoms with Crippen LogP contribution in [0, 0.1) is 13.8 Å². The summed E-state index contributed by atoms with van der Waals surface area (Å²) in [4.78, 5) is 215. The highest BCUT2D eigenvalue weighted by Gasteiger charge is 2.56. The molecule has 2 bridgehead atoms. The number of rotatable bonds is 36. The molecule has 11 aromatic heterocycles. The normalized spacial score (nSPS) is 30.3. The van der Waals surface area contributed by atoms with Crippen LogP contribution in [0.5, 0.6) is 0 Å². The van der Waals surface area contributed by atoms with E-state index in [-0.39, 0.29) is 97.9 Å². The maximum Gasteiger partial charge on any atom is 0.473 e. The molecule has 7 fully saturated rings. The van der Waals surface area contributed by atoms with Crippen molar-refractivity contribution in [1.82, 2.24) is 107 Å². The van der Waals surface area contributed by atoms with Gasteiger partial charge in [-0.2, -0.15) is 15.0 Å². The minimum absolute atomic E-state index is 0.0222. The topological polar surface area (TPSA) is 929 Å². The smallest absolute Gasteiger partial charge is 0.394 e. The number of nitrogens with two attached hydrogens (primary N) is 5. The summed E-state index contributed by atoms with van der Waals surface area (Å²) in [6, 6.07) is 1.16. The van der Waals surface area contributed by atoms with E-state index in [2.05, 4.69) is 74.8 Å². The van der Waals surface area contributed by atoms with Gasteiger partial charge in [-0.25, -0.2) is 81.6 Å². The molecule has 11 aromatic rings. The number of imidazole rings is 4. The van der Waals surface area contributed by atoms with Crippen LogP contribution >= 0.6 is 46.9 Å². The number of hydrogen-bond acceptors (Lipinski definition) is 50. The van der Waals surface area contributed by atoms with Gasteiger partial charge in [0.2, 0.25) is 11.9 Å². The summed E-state index contributed by atoms with van der Waals surface area (Å²) in [7, 11) is -33.7. The Hall–Kier alpha value is -10.7. The van der Waals surface area contributed by atoms with Crippen LogP contribution in [-0.2, 0) is 115 Å². The van der Waals surface area contributed by atoms with E-state index in [1.54, 1.807) is 0 Å². The van der Waals surface area contributed by atoms with Crippen LogP contribution in [0.15, 0.2) is 89.9 Å². The summed E-state index contributed by atoms with van der Waals surface area (Å²) in [6.45, 7) is -3.87. The number of nitrogen functional groups attached to an aromatic ring is 5. The molecular formula is C69H85N27O40P6. The number of aromatic amines is 4. The molecule has 8 aliphatic heterocycles. The van der Waals surface area contributed by atoms with Crippen LogP contribution < -0.4 is 68.0 Å². The van der Waals surface area contributed by atoms with Crippen molar-refractivity contribution in [2.45, 2.75) is 194 Å². The molecule has 67 nitrogen and oxygen atoms in total. The summed E-state index contributed by atoms with van der Waals surface area (Å²) in [5.74, 6) is -1.23. The summed E-state index contributed by atoms with van der Waals surface area (Å²) >= 11 is 0. The highest BCUT2D eigenvalue weighted by molar-refractivity contribution is 7.48. The third-order valence-electron chi connectivity index (χ3n) is 23.9. The second-order valence-electron chi connectivity index (χ2n) is 33.3. The number of phosphoric acid groups is 6. The van der Waals surface area contributed by atoms with Crippen LogP contribution in [0.25, 0.3) is 44.7 Å². The summed E-state index contributed by atoms with van der Waals surface area (Å²) in [5.41, 5.74) is 22.6. The Balaban J connectivity index is 0.543. The number of ether oxygens (including phenoxy) is 7. The average molecular weight is 2120 g/mol. The molecule has 0 saturated carbocycles. The molecule has 0 spiro atoms. The Kier molecular flexibility index (Phi) is 27.3. The monoisotopic (exact) mass is 2120 g/mol. The van der Waals surface area contributed by atoms with Crippen molar-refractivity contribution in [3.63, 3.8) is 0 Å². The number of aromatic nitrogens is 22. The fourth-order valence-electron chi connectivity index (χ4n) is 17.4. The van der Waals surface area contributed by atoms with Gasteiger partial charge in [0.1, 0.15) is 153 Å². The summed E-state index contributed by atoms with van der Waals surface area (Å²) in [5, 5.41) is 21.5. The third-order valence-corrected chi connectivity index (χ3v) is 30.0. The molecule has 28 atom stereocenters. The second kappa shape index (κ2) is 38.7. The predicted molar refractivity (Wildman–Crippen MR) is 464 cm³/mol. The quantitative estimate of drug-likeness (QED) is 0.0177. The predicted octanol–water partition coefficient (Wildman–Crippen LogP) is -2.75. The number of nitrogens with zero attached hydrogens (tertiary/aromatic N) is 18. The van der Waals surface area contributed by atoms with Crippen molar-refractivity contribution < 1.29 is 154 Å². The van der Waals surface area contributed by atoms with E-state index in [4.69, 9.17) is 116 Å². The van der Waals surface area contributed by atoms with E-state index in [1.807, 2.05) is 0 Å². The Morgan fingerprint density at radius 1 is 0.387 bits per heavy atom. The van der Waals surface area contributed by atoms with E-state index in [0.29, 0.717) is 0 Å². The van der Waals surface area contributed by atoms with Crippen LogP contribution in [0.1, 0.15) is 112 Å². The van der Waals surface area contributed by atoms with Crippen LogP contribution in [0.3, 0.4) is 0 Å². The molecule has 142 heavy (non-hydrogen) atoms. The number of aliphatic hydroxyl groups excluding tert-OH is 2. The fraction of sp³-hybridized carbons (Fsp3) is 0.536. The van der Waals surface area contributed by atoms with E-state index in [9.17, 15) is 101 Å². The molecule has 19 rings (SSSR count). The minimum atomic E-state index is -5.76. The number of aryl methyl sites for hydroxylation is 2. The van der Waals surface area contributed by atoms with Crippen LogP contribution in [-0.4, -0.2) is 271 Å². The molecule has 8 aliphatic rings. The Bertz CT molecular complexity index is 7500. The van der Waals surface area contributed by atoms with Gasteiger partial charge < -0.3 is 101 Å². The zero-order chi connectivity index (χ0) is 101. The lowest BCUT2D eigenvalue weighted by Gasteiger charge is -2.32. The first-order valence-corrected chi connectivity index (χ1v) is 51.4. The van der Waals surface area contributed by atoms with E-state index < -0.39 is 299 Å². The molecule has 73 heteroatoms. The lowest BCUT2D eigenvalue weighted by atomic mass is 10.1. The Morgan fingerprint density at radius 2 is 0.746 bits per heavy atom. The maximum absolute atomic E-state index is 14.7. The zero-order valence-corrected chi connectivity index (χ0v) is 78.2. The molecule has 0 aliphatic carbocycles. The first-order chi connectivity index (χ1) is 67.2. The highest BCUT2D eigenvalue weighted by Crippen LogP contribution is 2.60. The number of hydrogen-bond donors (Lipinski definition) is 17. The fourth-order valence-corrected chi connectivity index (χ4v) is 23.3. The second-order valence-corrected chi connectivity index (χ2v) is 41.7. The summed E-state index contributed by atoms with van der Waals surface area (Å²) in [6.07, 6.45) is -29.0. The maximum atomic E-state index is 14.7. The number of phosphoric ester groups is 6. The first-order valence-electron chi connectivity index (χ1n) is 42.5.